The zero-order chi connectivity index (χ0) is 29.4. The molecular weight excluding hydrogens is 557 g/mol. The molecule has 3 aliphatic rings. The van der Waals surface area contributed by atoms with E-state index in [1.165, 1.54) is 25.6 Å². The first-order valence-electron chi connectivity index (χ1n) is 13.5. The number of nitrogens with zero attached hydrogens (tertiary/aromatic N) is 6. The van der Waals surface area contributed by atoms with E-state index in [0.717, 1.165) is 25.9 Å². The topological polar surface area (TPSA) is 104 Å². The third-order valence-electron chi connectivity index (χ3n) is 10.9. The Morgan fingerprint density at radius 1 is 0.667 bits per heavy atom. The molecular formula is C34H18N6S2. The molecule has 0 aliphatic heterocycles. The Balaban J connectivity index is 1.47. The first-order valence-corrected chi connectivity index (χ1v) is 15.1. The Bertz CT molecular complexity index is 2350. The van der Waals surface area contributed by atoms with Crippen molar-refractivity contribution in [1.82, 2.24) is 0 Å². The number of nitriles is 4. The van der Waals surface area contributed by atoms with Gasteiger partial charge < -0.3 is 9.69 Å². The van der Waals surface area contributed by atoms with E-state index >= 15 is 0 Å². The van der Waals surface area contributed by atoms with Crippen molar-refractivity contribution in [3.63, 3.8) is 0 Å². The smallest absolute Gasteiger partial charge is 0.268 e. The Morgan fingerprint density at radius 3 is 1.57 bits per heavy atom. The van der Waals surface area contributed by atoms with E-state index in [-0.39, 0.29) is 0 Å². The molecule has 8 heteroatoms. The van der Waals surface area contributed by atoms with Crippen LogP contribution in [0, 0.1) is 81.1 Å². The number of thiophene rings is 2. The summed E-state index contributed by atoms with van der Waals surface area (Å²) in [6.45, 7) is 19.7. The quantitative estimate of drug-likeness (QED) is 0.174. The molecule has 2 aromatic heterocycles. The predicted octanol–water partition coefficient (Wildman–Crippen LogP) is 8.29. The van der Waals surface area contributed by atoms with Gasteiger partial charge in [0.25, 0.3) is 11.1 Å². The van der Waals surface area contributed by atoms with Crippen LogP contribution in [0.3, 0.4) is 0 Å². The second kappa shape index (κ2) is 7.46. The fourth-order valence-electron chi connectivity index (χ4n) is 8.80. The summed E-state index contributed by atoms with van der Waals surface area (Å²) in [5.74, 6) is -2.44. The van der Waals surface area contributed by atoms with Gasteiger partial charge in [-0.15, -0.1) is 22.7 Å². The summed E-state index contributed by atoms with van der Waals surface area (Å²) in [5.41, 5.74) is -4.35. The van der Waals surface area contributed by atoms with E-state index in [1.54, 1.807) is 36.5 Å². The second-order valence-corrected chi connectivity index (χ2v) is 14.2. The first-order chi connectivity index (χ1) is 20.2. The van der Waals surface area contributed by atoms with Gasteiger partial charge in [0.15, 0.2) is 0 Å². The average Bonchev–Trinajstić information content (AvgIpc) is 3.53. The van der Waals surface area contributed by atoms with Gasteiger partial charge in [-0.25, -0.2) is 13.1 Å². The molecule has 3 aromatic carbocycles. The van der Waals surface area contributed by atoms with Crippen LogP contribution in [0.2, 0.25) is 0 Å². The van der Waals surface area contributed by atoms with Crippen molar-refractivity contribution in [3.05, 3.63) is 82.5 Å². The third-order valence-corrected chi connectivity index (χ3v) is 13.4. The molecule has 0 radical (unpaired) electrons. The summed E-state index contributed by atoms with van der Waals surface area (Å²) >= 11 is 3.43. The number of hydrogen-bond donors (Lipinski definition) is 0. The lowest BCUT2D eigenvalue weighted by Gasteiger charge is -2.68. The van der Waals surface area contributed by atoms with E-state index in [0.29, 0.717) is 0 Å². The van der Waals surface area contributed by atoms with Crippen molar-refractivity contribution in [3.8, 4) is 24.3 Å². The molecule has 6 nitrogen and oxygen atoms in total. The van der Waals surface area contributed by atoms with Crippen LogP contribution in [0.25, 0.3) is 50.0 Å². The van der Waals surface area contributed by atoms with Crippen molar-refractivity contribution in [2.75, 3.05) is 0 Å². The summed E-state index contributed by atoms with van der Waals surface area (Å²) in [6, 6.07) is 25.7. The Labute approximate surface area is 249 Å². The number of rotatable bonds is 0. The summed E-state index contributed by atoms with van der Waals surface area (Å²) < 4.78 is 4.59. The lowest BCUT2D eigenvalue weighted by molar-refractivity contribution is -0.135. The largest absolute Gasteiger partial charge is 0.307 e. The first kappa shape index (κ1) is 24.8. The number of benzene rings is 3. The van der Waals surface area contributed by atoms with Crippen molar-refractivity contribution >= 4 is 63.0 Å². The molecule has 196 valence electrons. The van der Waals surface area contributed by atoms with Crippen LogP contribution in [0.1, 0.15) is 36.8 Å². The van der Waals surface area contributed by atoms with Gasteiger partial charge in [-0.2, -0.15) is 21.0 Å². The molecule has 2 fully saturated rings. The lowest BCUT2D eigenvalue weighted by atomic mass is 9.27. The predicted molar refractivity (Wildman–Crippen MR) is 162 cm³/mol. The normalized spacial score (nSPS) is 31.0. The number of fused-ring (bicyclic) bond motifs is 12. The molecule has 6 atom stereocenters. The lowest BCUT2D eigenvalue weighted by Crippen LogP contribution is -2.78. The molecule has 0 amide bonds. The molecule has 3 aliphatic carbocycles. The zero-order valence-electron chi connectivity index (χ0n) is 22.4. The minimum Gasteiger partial charge on any atom is -0.307 e. The Hall–Kier alpha value is -4.96. The minimum atomic E-state index is -1.70. The van der Waals surface area contributed by atoms with Gasteiger partial charge in [-0.1, -0.05) is 24.3 Å². The van der Waals surface area contributed by atoms with E-state index in [2.05, 4.69) is 70.4 Å². The van der Waals surface area contributed by atoms with E-state index in [4.69, 9.17) is 13.1 Å². The fourth-order valence-corrected chi connectivity index (χ4v) is 11.5. The van der Waals surface area contributed by atoms with Gasteiger partial charge in [0.2, 0.25) is 10.8 Å². The maximum absolute atomic E-state index is 10.4. The maximum Gasteiger partial charge on any atom is 0.268 e. The van der Waals surface area contributed by atoms with E-state index in [1.807, 2.05) is 12.1 Å². The van der Waals surface area contributed by atoms with Crippen LogP contribution in [0.15, 0.2) is 48.5 Å². The third kappa shape index (κ3) is 2.26. The van der Waals surface area contributed by atoms with Crippen molar-refractivity contribution in [1.29, 1.82) is 21.0 Å². The minimum absolute atomic E-state index is 0.507. The Morgan fingerprint density at radius 2 is 1.10 bits per heavy atom. The standard InChI is InChI=1S/C34H18N6S2/c1-31(39-3)25-19-11-22-24(42-29-21-9-17-7-5-6-8-18(17)10-23(21)41-30(22)29)12-20(19)26-28(27(25)33(31,13-35)14-36)34(15-37,16-38)32(26,2)40-4/h5-12,25-28H,1-2H3/t25-,26+,27-,28+,31?,32?/m1/s1. The van der Waals surface area contributed by atoms with Crippen LogP contribution in [0.5, 0.6) is 0 Å². The molecule has 8 rings (SSSR count). The molecule has 2 heterocycles. The van der Waals surface area contributed by atoms with Gasteiger partial charge in [0, 0.05) is 45.9 Å². The second-order valence-electron chi connectivity index (χ2n) is 12.1. The van der Waals surface area contributed by atoms with Crippen molar-refractivity contribution in [2.24, 2.45) is 22.7 Å². The molecule has 0 N–H and O–H groups in total. The van der Waals surface area contributed by atoms with Gasteiger partial charge >= 0.3 is 0 Å². The Kier molecular flexibility index (Phi) is 4.40. The highest BCUT2D eigenvalue weighted by atomic mass is 32.1. The highest BCUT2D eigenvalue weighted by Gasteiger charge is 2.91. The molecule has 2 unspecified atom stereocenters. The van der Waals surface area contributed by atoms with Crippen LogP contribution >= 0.6 is 22.7 Å². The van der Waals surface area contributed by atoms with Crippen LogP contribution in [0.4, 0.5) is 0 Å². The van der Waals surface area contributed by atoms with Gasteiger partial charge in [0.05, 0.1) is 45.5 Å². The SMILES string of the molecule is [C-]#[N+]C1(C)[C@@H]2c3cc4c(cc3[C@H]3[C@@H]([C@@H]2C1(C#N)C#N)C(C#N)(C#N)C3(C)[N+]#[C-])sc1c2cc3ccccc3cc2sc41. The van der Waals surface area contributed by atoms with Crippen molar-refractivity contribution < 1.29 is 0 Å². The monoisotopic (exact) mass is 574 g/mol. The molecule has 42 heavy (non-hydrogen) atoms. The highest BCUT2D eigenvalue weighted by molar-refractivity contribution is 7.36. The van der Waals surface area contributed by atoms with Crippen LogP contribution < -0.4 is 0 Å². The van der Waals surface area contributed by atoms with Crippen LogP contribution in [-0.2, 0) is 0 Å². The molecule has 0 saturated heterocycles. The van der Waals surface area contributed by atoms with Gasteiger partial charge in [-0.05, 0) is 46.2 Å². The van der Waals surface area contributed by atoms with E-state index in [9.17, 15) is 21.0 Å². The van der Waals surface area contributed by atoms with Gasteiger partial charge in [-0.3, -0.25) is 0 Å². The fraction of sp³-hybridized carbons (Fsp3) is 0.294. The van der Waals surface area contributed by atoms with Crippen molar-refractivity contribution in [2.45, 2.75) is 36.8 Å². The molecule has 5 aromatic rings. The summed E-state index contributed by atoms with van der Waals surface area (Å²) in [4.78, 5) is 7.83. The molecule has 0 bridgehead atoms. The molecule has 2 saturated carbocycles. The zero-order valence-corrected chi connectivity index (χ0v) is 24.1. The van der Waals surface area contributed by atoms with Crippen LogP contribution in [-0.4, -0.2) is 11.1 Å². The average molecular weight is 575 g/mol. The number of hydrogen-bond acceptors (Lipinski definition) is 6. The van der Waals surface area contributed by atoms with Gasteiger partial charge in [0.1, 0.15) is 0 Å². The summed E-state index contributed by atoms with van der Waals surface area (Å²) in [6.07, 6.45) is 0. The molecule has 0 spiro atoms. The highest BCUT2D eigenvalue weighted by Crippen LogP contribution is 2.81. The summed E-state index contributed by atoms with van der Waals surface area (Å²) in [5, 5.41) is 46.2. The van der Waals surface area contributed by atoms with E-state index < -0.39 is 45.6 Å². The summed E-state index contributed by atoms with van der Waals surface area (Å²) in [7, 11) is 0. The maximum atomic E-state index is 10.4.